The lowest BCUT2D eigenvalue weighted by Gasteiger charge is -2.39. The molecule has 2 N–H and O–H groups in total. The zero-order valence-corrected chi connectivity index (χ0v) is 16.7. The number of hydrogen-bond donors (Lipinski definition) is 2. The molecule has 0 unspecified atom stereocenters. The zero-order chi connectivity index (χ0) is 20.9. The highest BCUT2D eigenvalue weighted by atomic mass is 19.1. The molecule has 29 heavy (non-hydrogen) atoms. The van der Waals surface area contributed by atoms with Crippen molar-refractivity contribution in [2.45, 2.75) is 26.3 Å². The smallest absolute Gasteiger partial charge is 0.321 e. The van der Waals surface area contributed by atoms with E-state index in [2.05, 4.69) is 10.6 Å². The minimum Gasteiger partial charge on any atom is -0.497 e. The Bertz CT molecular complexity index is 855. The number of anilines is 1. The molecule has 6 nitrogen and oxygen atoms in total. The second-order valence-electron chi connectivity index (χ2n) is 7.55. The highest BCUT2D eigenvalue weighted by Gasteiger charge is 2.39. The van der Waals surface area contributed by atoms with Crippen LogP contribution in [0.4, 0.5) is 14.9 Å². The first-order valence-corrected chi connectivity index (χ1v) is 9.62. The third-order valence-corrected chi connectivity index (χ3v) is 5.24. The van der Waals surface area contributed by atoms with Crippen LogP contribution in [0.1, 0.15) is 25.3 Å². The highest BCUT2D eigenvalue weighted by molar-refractivity contribution is 5.90. The van der Waals surface area contributed by atoms with E-state index in [4.69, 9.17) is 4.74 Å². The van der Waals surface area contributed by atoms with Gasteiger partial charge in [-0.1, -0.05) is 12.1 Å². The van der Waals surface area contributed by atoms with Gasteiger partial charge in [0.15, 0.2) is 0 Å². The quantitative estimate of drug-likeness (QED) is 0.804. The molecule has 0 spiro atoms. The molecule has 0 saturated carbocycles. The largest absolute Gasteiger partial charge is 0.497 e. The molecule has 1 atom stereocenters. The summed E-state index contributed by atoms with van der Waals surface area (Å²) >= 11 is 0. The number of nitrogens with zero attached hydrogens (tertiary/aromatic N) is 1. The van der Waals surface area contributed by atoms with Gasteiger partial charge in [-0.05, 0) is 61.7 Å². The summed E-state index contributed by atoms with van der Waals surface area (Å²) in [6, 6.07) is 12.9. The van der Waals surface area contributed by atoms with Crippen LogP contribution >= 0.6 is 0 Å². The first kappa shape index (κ1) is 20.6. The number of ether oxygens (including phenoxy) is 1. The van der Waals surface area contributed by atoms with Crippen molar-refractivity contribution < 1.29 is 18.7 Å². The molecule has 1 aliphatic heterocycles. The van der Waals surface area contributed by atoms with Crippen molar-refractivity contribution in [1.82, 2.24) is 10.2 Å². The van der Waals surface area contributed by atoms with Gasteiger partial charge in [0.05, 0.1) is 12.5 Å². The predicted octanol–water partition coefficient (Wildman–Crippen LogP) is 3.78. The Labute approximate surface area is 170 Å². The maximum atomic E-state index is 13.0. The molecular formula is C22H26FN3O3. The van der Waals surface area contributed by atoms with Crippen LogP contribution in [0.15, 0.2) is 48.5 Å². The maximum absolute atomic E-state index is 13.0. The highest BCUT2D eigenvalue weighted by Crippen LogP contribution is 2.30. The Hall–Kier alpha value is -3.09. The molecule has 1 aliphatic rings. The van der Waals surface area contributed by atoms with Crippen LogP contribution in [0.5, 0.6) is 5.75 Å². The van der Waals surface area contributed by atoms with Gasteiger partial charge in [0.2, 0.25) is 5.91 Å². The molecule has 3 rings (SSSR count). The lowest BCUT2D eigenvalue weighted by molar-refractivity contribution is -0.132. The molecule has 7 heteroatoms. The number of rotatable bonds is 5. The fourth-order valence-corrected chi connectivity index (χ4v) is 3.47. The summed E-state index contributed by atoms with van der Waals surface area (Å²) in [4.78, 5) is 27.1. The Morgan fingerprint density at radius 3 is 2.48 bits per heavy atom. The summed E-state index contributed by atoms with van der Waals surface area (Å²) in [5.41, 5.74) is 0.826. The summed E-state index contributed by atoms with van der Waals surface area (Å²) in [6.07, 6.45) is 1.45. The van der Waals surface area contributed by atoms with E-state index in [1.807, 2.05) is 6.92 Å². The SMILES string of the molecule is COc1ccc(NC(=O)N2CCC[C@](C)(C(=O)NCc3ccc(F)cc3)C2)cc1. The van der Waals surface area contributed by atoms with Gasteiger partial charge >= 0.3 is 6.03 Å². The number of likely N-dealkylation sites (tertiary alicyclic amines) is 1. The van der Waals surface area contributed by atoms with Gasteiger partial charge < -0.3 is 20.3 Å². The van der Waals surface area contributed by atoms with Gasteiger partial charge in [0, 0.05) is 25.3 Å². The van der Waals surface area contributed by atoms with Gasteiger partial charge in [-0.2, -0.15) is 0 Å². The molecule has 1 heterocycles. The number of piperidine rings is 1. The van der Waals surface area contributed by atoms with Crippen molar-refractivity contribution in [3.63, 3.8) is 0 Å². The van der Waals surface area contributed by atoms with Crippen LogP contribution in [0.2, 0.25) is 0 Å². The number of carbonyl (C=O) groups excluding carboxylic acids is 2. The Morgan fingerprint density at radius 1 is 1.14 bits per heavy atom. The van der Waals surface area contributed by atoms with E-state index in [0.29, 0.717) is 37.5 Å². The van der Waals surface area contributed by atoms with E-state index in [-0.39, 0.29) is 17.8 Å². The van der Waals surface area contributed by atoms with Crippen molar-refractivity contribution in [2.24, 2.45) is 5.41 Å². The van der Waals surface area contributed by atoms with E-state index >= 15 is 0 Å². The van der Waals surface area contributed by atoms with Crippen LogP contribution < -0.4 is 15.4 Å². The number of hydrogen-bond acceptors (Lipinski definition) is 3. The minimum absolute atomic E-state index is 0.108. The monoisotopic (exact) mass is 399 g/mol. The summed E-state index contributed by atoms with van der Waals surface area (Å²) in [6.45, 7) is 3.14. The van der Waals surface area contributed by atoms with Crippen molar-refractivity contribution in [2.75, 3.05) is 25.5 Å². The number of halogens is 1. The van der Waals surface area contributed by atoms with Gasteiger partial charge in [-0.3, -0.25) is 4.79 Å². The molecule has 2 aromatic rings. The minimum atomic E-state index is -0.671. The Morgan fingerprint density at radius 2 is 1.83 bits per heavy atom. The summed E-state index contributed by atoms with van der Waals surface area (Å²) < 4.78 is 18.1. The van der Waals surface area contributed by atoms with Crippen LogP contribution in [0.25, 0.3) is 0 Å². The molecule has 0 radical (unpaired) electrons. The third kappa shape index (κ3) is 5.25. The third-order valence-electron chi connectivity index (χ3n) is 5.24. The first-order valence-electron chi connectivity index (χ1n) is 9.62. The van der Waals surface area contributed by atoms with Crippen LogP contribution in [0, 0.1) is 11.2 Å². The number of amides is 3. The molecule has 0 aliphatic carbocycles. The molecule has 0 aromatic heterocycles. The average molecular weight is 399 g/mol. The van der Waals surface area contributed by atoms with Gasteiger partial charge in [-0.25, -0.2) is 9.18 Å². The number of benzene rings is 2. The second kappa shape index (κ2) is 8.94. The molecule has 2 aromatic carbocycles. The fraction of sp³-hybridized carbons (Fsp3) is 0.364. The summed E-state index contributed by atoms with van der Waals surface area (Å²) in [7, 11) is 1.59. The topological polar surface area (TPSA) is 70.7 Å². The van der Waals surface area contributed by atoms with Crippen LogP contribution in [-0.2, 0) is 11.3 Å². The first-order chi connectivity index (χ1) is 13.9. The van der Waals surface area contributed by atoms with Crippen molar-refractivity contribution in [3.8, 4) is 5.75 Å². The standard InChI is InChI=1S/C22H26FN3O3/c1-22(20(27)24-14-16-4-6-17(23)7-5-16)12-3-13-26(15-22)21(28)25-18-8-10-19(29-2)11-9-18/h4-11H,3,12-15H2,1-2H3,(H,24,27)(H,25,28)/t22-/m0/s1. The van der Waals surface area contributed by atoms with Gasteiger partial charge in [0.25, 0.3) is 0 Å². The molecule has 0 bridgehead atoms. The molecular weight excluding hydrogens is 373 g/mol. The average Bonchev–Trinajstić information content (AvgIpc) is 2.73. The van der Waals surface area contributed by atoms with E-state index < -0.39 is 5.41 Å². The molecule has 3 amide bonds. The van der Waals surface area contributed by atoms with Crippen LogP contribution in [0.3, 0.4) is 0 Å². The second-order valence-corrected chi connectivity index (χ2v) is 7.55. The summed E-state index contributed by atoms with van der Waals surface area (Å²) in [5, 5.41) is 5.78. The molecule has 1 saturated heterocycles. The van der Waals surface area contributed by atoms with E-state index in [1.165, 1.54) is 12.1 Å². The maximum Gasteiger partial charge on any atom is 0.321 e. The summed E-state index contributed by atoms with van der Waals surface area (Å²) in [5.74, 6) is 0.299. The lowest BCUT2D eigenvalue weighted by atomic mass is 9.81. The number of methoxy groups -OCH3 is 1. The molecule has 154 valence electrons. The number of urea groups is 1. The van der Waals surface area contributed by atoms with Crippen molar-refractivity contribution >= 4 is 17.6 Å². The normalized spacial score (nSPS) is 18.8. The zero-order valence-electron chi connectivity index (χ0n) is 16.7. The Balaban J connectivity index is 1.57. The van der Waals surface area contributed by atoms with E-state index in [1.54, 1.807) is 48.4 Å². The predicted molar refractivity (Wildman–Crippen MR) is 109 cm³/mol. The fourth-order valence-electron chi connectivity index (χ4n) is 3.47. The van der Waals surface area contributed by atoms with E-state index in [0.717, 1.165) is 12.0 Å². The van der Waals surface area contributed by atoms with E-state index in [9.17, 15) is 14.0 Å². The number of nitrogens with one attached hydrogen (secondary N) is 2. The number of carbonyl (C=O) groups is 2. The Kier molecular flexibility index (Phi) is 6.36. The van der Waals surface area contributed by atoms with Crippen molar-refractivity contribution in [3.05, 3.63) is 59.9 Å². The van der Waals surface area contributed by atoms with Gasteiger partial charge in [0.1, 0.15) is 11.6 Å². The lowest BCUT2D eigenvalue weighted by Crippen LogP contribution is -2.52. The molecule has 1 fully saturated rings. The van der Waals surface area contributed by atoms with Gasteiger partial charge in [-0.15, -0.1) is 0 Å². The van der Waals surface area contributed by atoms with Crippen LogP contribution in [-0.4, -0.2) is 37.0 Å². The van der Waals surface area contributed by atoms with Crippen molar-refractivity contribution in [1.29, 1.82) is 0 Å².